The number of aryl methyl sites for hydroxylation is 1. The minimum atomic E-state index is 0.490. The van der Waals surface area contributed by atoms with Crippen molar-refractivity contribution in [3.8, 4) is 0 Å². The molecule has 0 spiro atoms. The van der Waals surface area contributed by atoms with E-state index in [-0.39, 0.29) is 0 Å². The van der Waals surface area contributed by atoms with E-state index in [0.717, 1.165) is 5.69 Å². The standard InChI is InChI=1S/C15H23ClN2/c1-11-7-10-17-14(16)13(11)18-12-5-4-8-15(2,3)9-6-12/h7,10,12,18H,4-6,8-9H2,1-3H3. The van der Waals surface area contributed by atoms with E-state index >= 15 is 0 Å². The summed E-state index contributed by atoms with van der Waals surface area (Å²) in [5.41, 5.74) is 2.69. The molecule has 1 unspecified atom stereocenters. The van der Waals surface area contributed by atoms with Gasteiger partial charge in [-0.2, -0.15) is 0 Å². The van der Waals surface area contributed by atoms with Crippen molar-refractivity contribution in [3.05, 3.63) is 23.0 Å². The van der Waals surface area contributed by atoms with Crippen molar-refractivity contribution in [1.82, 2.24) is 4.98 Å². The quantitative estimate of drug-likeness (QED) is 0.614. The lowest BCUT2D eigenvalue weighted by molar-refractivity contribution is 0.313. The molecule has 1 aromatic rings. The molecule has 2 rings (SSSR count). The summed E-state index contributed by atoms with van der Waals surface area (Å²) in [6, 6.07) is 2.54. The Morgan fingerprint density at radius 1 is 1.33 bits per heavy atom. The summed E-state index contributed by atoms with van der Waals surface area (Å²) in [6.07, 6.45) is 8.11. The summed E-state index contributed by atoms with van der Waals surface area (Å²) in [5.74, 6) is 0. The Kier molecular flexibility index (Phi) is 4.16. The van der Waals surface area contributed by atoms with E-state index in [1.165, 1.54) is 37.7 Å². The highest BCUT2D eigenvalue weighted by atomic mass is 35.5. The fraction of sp³-hybridized carbons (Fsp3) is 0.667. The molecule has 100 valence electrons. The first-order valence-electron chi connectivity index (χ1n) is 6.86. The van der Waals surface area contributed by atoms with Crippen LogP contribution in [0.3, 0.4) is 0 Å². The number of hydrogen-bond donors (Lipinski definition) is 1. The molecule has 2 nitrogen and oxygen atoms in total. The molecule has 0 aromatic carbocycles. The van der Waals surface area contributed by atoms with Crippen LogP contribution in [0.25, 0.3) is 0 Å². The molecule has 1 aromatic heterocycles. The van der Waals surface area contributed by atoms with Gasteiger partial charge in [-0.05, 0) is 49.7 Å². The Morgan fingerprint density at radius 2 is 2.11 bits per heavy atom. The Bertz CT molecular complexity index is 395. The Labute approximate surface area is 115 Å². The SMILES string of the molecule is Cc1ccnc(Cl)c1NC1CCCC(C)(C)CC1. The van der Waals surface area contributed by atoms with Crippen LogP contribution in [0.4, 0.5) is 5.69 Å². The van der Waals surface area contributed by atoms with E-state index in [1.807, 2.05) is 6.07 Å². The molecule has 18 heavy (non-hydrogen) atoms. The average Bonchev–Trinajstić information content (AvgIpc) is 2.46. The molecule has 0 radical (unpaired) electrons. The predicted octanol–water partition coefficient (Wildman–Crippen LogP) is 4.81. The monoisotopic (exact) mass is 266 g/mol. The van der Waals surface area contributed by atoms with Gasteiger partial charge in [0.05, 0.1) is 5.69 Å². The number of aromatic nitrogens is 1. The Balaban J connectivity index is 2.05. The third-order valence-corrected chi connectivity index (χ3v) is 4.32. The van der Waals surface area contributed by atoms with Gasteiger partial charge in [-0.25, -0.2) is 4.98 Å². The topological polar surface area (TPSA) is 24.9 Å². The summed E-state index contributed by atoms with van der Waals surface area (Å²) < 4.78 is 0. The van der Waals surface area contributed by atoms with Gasteiger partial charge in [0.15, 0.2) is 5.15 Å². The van der Waals surface area contributed by atoms with Crippen molar-refractivity contribution in [2.75, 3.05) is 5.32 Å². The van der Waals surface area contributed by atoms with Crippen LogP contribution in [0.5, 0.6) is 0 Å². The van der Waals surface area contributed by atoms with E-state index in [2.05, 4.69) is 31.1 Å². The lowest BCUT2D eigenvalue weighted by atomic mass is 9.85. The van der Waals surface area contributed by atoms with Crippen LogP contribution in [-0.2, 0) is 0 Å². The maximum Gasteiger partial charge on any atom is 0.152 e. The largest absolute Gasteiger partial charge is 0.380 e. The Morgan fingerprint density at radius 3 is 2.83 bits per heavy atom. The number of rotatable bonds is 2. The third-order valence-electron chi connectivity index (χ3n) is 4.04. The zero-order valence-electron chi connectivity index (χ0n) is 11.6. The minimum absolute atomic E-state index is 0.490. The van der Waals surface area contributed by atoms with Gasteiger partial charge in [0, 0.05) is 12.2 Å². The molecule has 1 aliphatic carbocycles. The molecule has 0 aliphatic heterocycles. The molecular formula is C15H23ClN2. The number of anilines is 1. The van der Waals surface area contributed by atoms with Gasteiger partial charge in [-0.3, -0.25) is 0 Å². The number of nitrogens with zero attached hydrogens (tertiary/aromatic N) is 1. The molecule has 1 atom stereocenters. The first-order chi connectivity index (χ1) is 8.48. The second kappa shape index (κ2) is 5.48. The van der Waals surface area contributed by atoms with Gasteiger partial charge >= 0.3 is 0 Å². The average molecular weight is 267 g/mol. The summed E-state index contributed by atoms with van der Waals surface area (Å²) in [7, 11) is 0. The number of halogens is 1. The molecule has 1 fully saturated rings. The zero-order valence-corrected chi connectivity index (χ0v) is 12.3. The summed E-state index contributed by atoms with van der Waals surface area (Å²) >= 11 is 6.17. The first kappa shape index (κ1) is 13.7. The van der Waals surface area contributed by atoms with Crippen molar-refractivity contribution < 1.29 is 0 Å². The molecule has 0 saturated heterocycles. The highest BCUT2D eigenvalue weighted by Crippen LogP contribution is 2.35. The van der Waals surface area contributed by atoms with Gasteiger partial charge < -0.3 is 5.32 Å². The van der Waals surface area contributed by atoms with Crippen molar-refractivity contribution >= 4 is 17.3 Å². The van der Waals surface area contributed by atoms with Crippen molar-refractivity contribution in [2.24, 2.45) is 5.41 Å². The van der Waals surface area contributed by atoms with E-state index in [0.29, 0.717) is 16.6 Å². The lowest BCUT2D eigenvalue weighted by Gasteiger charge is -2.23. The number of hydrogen-bond acceptors (Lipinski definition) is 2. The van der Waals surface area contributed by atoms with Gasteiger partial charge in [0.25, 0.3) is 0 Å². The highest BCUT2D eigenvalue weighted by molar-refractivity contribution is 6.32. The predicted molar refractivity (Wildman–Crippen MR) is 78.3 cm³/mol. The van der Waals surface area contributed by atoms with Crippen LogP contribution in [0.2, 0.25) is 5.15 Å². The van der Waals surface area contributed by atoms with Crippen molar-refractivity contribution in [2.45, 2.75) is 58.9 Å². The molecule has 1 N–H and O–H groups in total. The van der Waals surface area contributed by atoms with Crippen LogP contribution in [0.15, 0.2) is 12.3 Å². The van der Waals surface area contributed by atoms with Gasteiger partial charge in [-0.1, -0.05) is 31.9 Å². The molecule has 0 amide bonds. The van der Waals surface area contributed by atoms with Crippen LogP contribution in [0.1, 0.15) is 51.5 Å². The van der Waals surface area contributed by atoms with Gasteiger partial charge in [-0.15, -0.1) is 0 Å². The zero-order chi connectivity index (χ0) is 13.2. The van der Waals surface area contributed by atoms with Crippen molar-refractivity contribution in [1.29, 1.82) is 0 Å². The second-order valence-corrected chi connectivity index (χ2v) is 6.59. The van der Waals surface area contributed by atoms with Crippen LogP contribution in [-0.4, -0.2) is 11.0 Å². The fourth-order valence-corrected chi connectivity index (χ4v) is 2.97. The molecule has 1 saturated carbocycles. The van der Waals surface area contributed by atoms with Crippen LogP contribution >= 0.6 is 11.6 Å². The highest BCUT2D eigenvalue weighted by Gasteiger charge is 2.24. The lowest BCUT2D eigenvalue weighted by Crippen LogP contribution is -2.20. The fourth-order valence-electron chi connectivity index (χ4n) is 2.71. The van der Waals surface area contributed by atoms with Gasteiger partial charge in [0.2, 0.25) is 0 Å². The van der Waals surface area contributed by atoms with E-state index in [1.54, 1.807) is 6.20 Å². The summed E-state index contributed by atoms with van der Waals surface area (Å²) in [4.78, 5) is 4.16. The van der Waals surface area contributed by atoms with Crippen LogP contribution < -0.4 is 5.32 Å². The summed E-state index contributed by atoms with van der Waals surface area (Å²) in [5, 5.41) is 4.20. The first-order valence-corrected chi connectivity index (χ1v) is 7.23. The van der Waals surface area contributed by atoms with E-state index in [9.17, 15) is 0 Å². The maximum absolute atomic E-state index is 6.17. The van der Waals surface area contributed by atoms with E-state index in [4.69, 9.17) is 11.6 Å². The molecule has 1 heterocycles. The maximum atomic E-state index is 6.17. The second-order valence-electron chi connectivity index (χ2n) is 6.23. The molecule has 0 bridgehead atoms. The smallest absolute Gasteiger partial charge is 0.152 e. The van der Waals surface area contributed by atoms with Gasteiger partial charge in [0.1, 0.15) is 0 Å². The number of pyridine rings is 1. The minimum Gasteiger partial charge on any atom is -0.380 e. The molecule has 3 heteroatoms. The number of nitrogens with one attached hydrogen (secondary N) is 1. The normalized spacial score (nSPS) is 23.4. The third kappa shape index (κ3) is 3.38. The molecular weight excluding hydrogens is 244 g/mol. The van der Waals surface area contributed by atoms with E-state index < -0.39 is 0 Å². The summed E-state index contributed by atoms with van der Waals surface area (Å²) in [6.45, 7) is 6.83. The Hall–Kier alpha value is -0.760. The van der Waals surface area contributed by atoms with Crippen molar-refractivity contribution in [3.63, 3.8) is 0 Å². The molecule has 1 aliphatic rings. The van der Waals surface area contributed by atoms with Crippen LogP contribution in [0, 0.1) is 12.3 Å².